The summed E-state index contributed by atoms with van der Waals surface area (Å²) in [5.74, 6) is 0.123. The molecule has 0 amide bonds. The van der Waals surface area contributed by atoms with Gasteiger partial charge in [0.2, 0.25) is 5.78 Å². The van der Waals surface area contributed by atoms with E-state index in [0.29, 0.717) is 0 Å². The molecule has 0 N–H and O–H groups in total. The molecule has 4 aromatic carbocycles. The van der Waals surface area contributed by atoms with Crippen LogP contribution < -0.4 is 0 Å². The Hall–Kier alpha value is -2.84. The summed E-state index contributed by atoms with van der Waals surface area (Å²) in [6.07, 6.45) is 2.07. The smallest absolute Gasteiger partial charge is 0.200 e. The van der Waals surface area contributed by atoms with Gasteiger partial charge in [-0.05, 0) is 51.4 Å². The van der Waals surface area contributed by atoms with Crippen LogP contribution in [0, 0.1) is 0 Å². The van der Waals surface area contributed by atoms with E-state index < -0.39 is 0 Å². The molecular weight excluding hydrogens is 324 g/mol. The predicted molar refractivity (Wildman–Crippen MR) is 106 cm³/mol. The molecule has 0 unspecified atom stereocenters. The van der Waals surface area contributed by atoms with E-state index >= 15 is 0 Å². The average molecular weight is 338 g/mol. The Morgan fingerprint density at radius 1 is 0.720 bits per heavy atom. The number of hydrogen-bond acceptors (Lipinski definition) is 2. The quantitative estimate of drug-likeness (QED) is 0.298. The molecule has 0 spiro atoms. The standard InChI is InChI=1S/C23H14OS/c24-23-19-11-5-6-12-21(19)25-22(23)14-20-17-9-3-1-7-15(17)13-16-8-2-4-10-18(16)20/h1-14H/b22-14-. The molecule has 0 radical (unpaired) electrons. The SMILES string of the molecule is O=C1/C(=C/c2c3ccccc3cc3ccccc23)Sc2ccccc21. The van der Waals surface area contributed by atoms with E-state index in [1.54, 1.807) is 11.8 Å². The number of carbonyl (C=O) groups is 1. The highest BCUT2D eigenvalue weighted by Crippen LogP contribution is 2.42. The summed E-state index contributed by atoms with van der Waals surface area (Å²) >= 11 is 1.57. The fourth-order valence-electron chi connectivity index (χ4n) is 3.47. The lowest BCUT2D eigenvalue weighted by Gasteiger charge is -2.09. The van der Waals surface area contributed by atoms with Crippen LogP contribution >= 0.6 is 11.8 Å². The minimum absolute atomic E-state index is 0.123. The van der Waals surface area contributed by atoms with Gasteiger partial charge < -0.3 is 0 Å². The Bertz CT molecular complexity index is 1130. The number of Topliss-reactive ketones (excluding diaryl/α,β-unsaturated/α-hetero) is 1. The van der Waals surface area contributed by atoms with Crippen LogP contribution in [0.1, 0.15) is 15.9 Å². The third kappa shape index (κ3) is 2.30. The first-order valence-electron chi connectivity index (χ1n) is 8.25. The van der Waals surface area contributed by atoms with Crippen LogP contribution in [0.15, 0.2) is 88.7 Å². The van der Waals surface area contributed by atoms with Crippen molar-refractivity contribution in [2.45, 2.75) is 4.90 Å². The molecule has 1 nitrogen and oxygen atoms in total. The van der Waals surface area contributed by atoms with Gasteiger partial charge in [-0.1, -0.05) is 72.4 Å². The first-order chi connectivity index (χ1) is 12.3. The molecule has 0 saturated carbocycles. The molecule has 0 aliphatic carbocycles. The number of hydrogen-bond donors (Lipinski definition) is 0. The number of allylic oxidation sites excluding steroid dienone is 1. The van der Waals surface area contributed by atoms with Gasteiger partial charge in [-0.25, -0.2) is 0 Å². The Morgan fingerprint density at radius 2 is 1.32 bits per heavy atom. The van der Waals surface area contributed by atoms with Crippen molar-refractivity contribution in [1.29, 1.82) is 0 Å². The van der Waals surface area contributed by atoms with Gasteiger partial charge in [0.25, 0.3) is 0 Å². The maximum absolute atomic E-state index is 12.8. The van der Waals surface area contributed by atoms with Crippen molar-refractivity contribution in [3.05, 3.63) is 94.9 Å². The molecule has 1 aliphatic rings. The highest BCUT2D eigenvalue weighted by Gasteiger charge is 2.25. The molecule has 5 rings (SSSR count). The average Bonchev–Trinajstić information content (AvgIpc) is 2.97. The molecule has 0 fully saturated rings. The predicted octanol–water partition coefficient (Wildman–Crippen LogP) is 6.32. The number of ketones is 1. The van der Waals surface area contributed by atoms with Gasteiger partial charge in [0.15, 0.2) is 0 Å². The summed E-state index contributed by atoms with van der Waals surface area (Å²) in [6, 6.07) is 26.8. The third-order valence-corrected chi connectivity index (χ3v) is 5.76. The first-order valence-corrected chi connectivity index (χ1v) is 9.07. The lowest BCUT2D eigenvalue weighted by Crippen LogP contribution is -1.94. The van der Waals surface area contributed by atoms with Crippen LogP contribution in [0.2, 0.25) is 0 Å². The Balaban J connectivity index is 1.79. The molecule has 1 heterocycles. The van der Waals surface area contributed by atoms with Gasteiger partial charge in [-0.15, -0.1) is 0 Å². The van der Waals surface area contributed by atoms with Gasteiger partial charge in [0.05, 0.1) is 4.91 Å². The van der Waals surface area contributed by atoms with Gasteiger partial charge in [-0.2, -0.15) is 0 Å². The fraction of sp³-hybridized carbons (Fsp3) is 0. The zero-order valence-electron chi connectivity index (χ0n) is 13.4. The van der Waals surface area contributed by atoms with E-state index in [4.69, 9.17) is 0 Å². The Kier molecular flexibility index (Phi) is 3.25. The van der Waals surface area contributed by atoms with Gasteiger partial charge in [-0.3, -0.25) is 4.79 Å². The van der Waals surface area contributed by atoms with E-state index in [-0.39, 0.29) is 5.78 Å². The van der Waals surface area contributed by atoms with Gasteiger partial charge in [0.1, 0.15) is 0 Å². The maximum atomic E-state index is 12.8. The lowest BCUT2D eigenvalue weighted by molar-refractivity contribution is 0.104. The summed E-state index contributed by atoms with van der Waals surface area (Å²) in [4.78, 5) is 14.6. The zero-order valence-corrected chi connectivity index (χ0v) is 14.2. The number of thioether (sulfide) groups is 1. The molecule has 2 heteroatoms. The first kappa shape index (κ1) is 14.5. The van der Waals surface area contributed by atoms with E-state index in [0.717, 1.165) is 20.9 Å². The van der Waals surface area contributed by atoms with Crippen molar-refractivity contribution in [2.75, 3.05) is 0 Å². The highest BCUT2D eigenvalue weighted by molar-refractivity contribution is 8.04. The monoisotopic (exact) mass is 338 g/mol. The molecule has 0 atom stereocenters. The second-order valence-electron chi connectivity index (χ2n) is 6.17. The van der Waals surface area contributed by atoms with Crippen molar-refractivity contribution in [3.63, 3.8) is 0 Å². The molecule has 25 heavy (non-hydrogen) atoms. The van der Waals surface area contributed by atoms with Crippen molar-refractivity contribution < 1.29 is 4.79 Å². The summed E-state index contributed by atoms with van der Waals surface area (Å²) in [5, 5.41) is 4.75. The molecule has 0 aromatic heterocycles. The van der Waals surface area contributed by atoms with Crippen LogP contribution in [0.3, 0.4) is 0 Å². The second-order valence-corrected chi connectivity index (χ2v) is 7.25. The van der Waals surface area contributed by atoms with Crippen LogP contribution in [-0.2, 0) is 0 Å². The van der Waals surface area contributed by atoms with Gasteiger partial charge in [0, 0.05) is 10.5 Å². The van der Waals surface area contributed by atoms with E-state index in [2.05, 4.69) is 60.7 Å². The lowest BCUT2D eigenvalue weighted by atomic mass is 9.96. The van der Waals surface area contributed by atoms with Crippen LogP contribution in [0.25, 0.3) is 27.6 Å². The second kappa shape index (κ2) is 5.61. The van der Waals surface area contributed by atoms with E-state index in [1.807, 2.05) is 24.3 Å². The van der Waals surface area contributed by atoms with Crippen molar-refractivity contribution in [2.24, 2.45) is 0 Å². The van der Waals surface area contributed by atoms with Crippen molar-refractivity contribution >= 4 is 45.2 Å². The largest absolute Gasteiger partial charge is 0.288 e. The summed E-state index contributed by atoms with van der Waals surface area (Å²) in [6.45, 7) is 0. The number of rotatable bonds is 1. The number of carbonyl (C=O) groups excluding carboxylic acids is 1. The minimum atomic E-state index is 0.123. The summed E-state index contributed by atoms with van der Waals surface area (Å²) in [5.41, 5.74) is 1.93. The van der Waals surface area contributed by atoms with Crippen molar-refractivity contribution in [3.8, 4) is 0 Å². The molecule has 1 aliphatic heterocycles. The normalized spacial score (nSPS) is 15.2. The van der Waals surface area contributed by atoms with Gasteiger partial charge >= 0.3 is 0 Å². The topological polar surface area (TPSA) is 17.1 Å². The summed E-state index contributed by atoms with van der Waals surface area (Å²) in [7, 11) is 0. The Morgan fingerprint density at radius 3 is 2.00 bits per heavy atom. The molecule has 118 valence electrons. The van der Waals surface area contributed by atoms with Crippen molar-refractivity contribution in [1.82, 2.24) is 0 Å². The maximum Gasteiger partial charge on any atom is 0.200 e. The molecule has 0 bridgehead atoms. The fourth-order valence-corrected chi connectivity index (χ4v) is 4.50. The third-order valence-electron chi connectivity index (χ3n) is 4.66. The van der Waals surface area contributed by atoms with Crippen LogP contribution in [0.4, 0.5) is 0 Å². The van der Waals surface area contributed by atoms with E-state index in [1.165, 1.54) is 21.5 Å². The van der Waals surface area contributed by atoms with Crippen LogP contribution in [0.5, 0.6) is 0 Å². The van der Waals surface area contributed by atoms with Crippen LogP contribution in [-0.4, -0.2) is 5.78 Å². The molecule has 4 aromatic rings. The number of fused-ring (bicyclic) bond motifs is 3. The zero-order chi connectivity index (χ0) is 16.8. The van der Waals surface area contributed by atoms with E-state index in [9.17, 15) is 4.79 Å². The molecule has 0 saturated heterocycles. The number of benzene rings is 4. The Labute approximate surface area is 150 Å². The minimum Gasteiger partial charge on any atom is -0.288 e. The highest BCUT2D eigenvalue weighted by atomic mass is 32.2. The summed E-state index contributed by atoms with van der Waals surface area (Å²) < 4.78 is 0. The molecular formula is C23H14OS.